The van der Waals surface area contributed by atoms with Gasteiger partial charge < -0.3 is 16.4 Å². The molecule has 0 aliphatic heterocycles. The van der Waals surface area contributed by atoms with Gasteiger partial charge in [0, 0.05) is 4.90 Å². The molecule has 2 amide bonds. The third-order valence-electron chi connectivity index (χ3n) is 2.91. The Bertz CT molecular complexity index is 492. The van der Waals surface area contributed by atoms with Gasteiger partial charge in [-0.3, -0.25) is 9.59 Å². The van der Waals surface area contributed by atoms with E-state index in [0.717, 1.165) is 16.3 Å². The van der Waals surface area contributed by atoms with E-state index < -0.39 is 6.04 Å². The van der Waals surface area contributed by atoms with E-state index in [4.69, 9.17) is 5.73 Å². The minimum Gasteiger partial charge on any atom is -0.346 e. The number of anilines is 1. The lowest BCUT2D eigenvalue weighted by Gasteiger charge is -2.15. The molecule has 0 bridgehead atoms. The Labute approximate surface area is 130 Å². The summed E-state index contributed by atoms with van der Waals surface area (Å²) in [5.74, 6) is 0.391. The molecule has 0 spiro atoms. The van der Waals surface area contributed by atoms with Crippen LogP contribution in [0.1, 0.15) is 20.8 Å². The summed E-state index contributed by atoms with van der Waals surface area (Å²) >= 11 is 1.66. The van der Waals surface area contributed by atoms with Gasteiger partial charge in [0.1, 0.15) is 0 Å². The average molecular weight is 309 g/mol. The minimum atomic E-state index is -0.597. The monoisotopic (exact) mass is 309 g/mol. The highest BCUT2D eigenvalue weighted by atomic mass is 32.2. The molecule has 5 nitrogen and oxygen atoms in total. The van der Waals surface area contributed by atoms with Crippen LogP contribution in [0.15, 0.2) is 29.2 Å². The van der Waals surface area contributed by atoms with E-state index in [1.807, 2.05) is 38.1 Å². The molecule has 0 heterocycles. The van der Waals surface area contributed by atoms with Crippen LogP contribution in [0.2, 0.25) is 0 Å². The first-order valence-electron chi connectivity index (χ1n) is 7.00. The number of rotatable bonds is 7. The van der Waals surface area contributed by atoms with Crippen LogP contribution < -0.4 is 16.4 Å². The summed E-state index contributed by atoms with van der Waals surface area (Å²) < 4.78 is 0. The first-order chi connectivity index (χ1) is 9.95. The van der Waals surface area contributed by atoms with Crippen molar-refractivity contribution >= 4 is 29.3 Å². The van der Waals surface area contributed by atoms with Gasteiger partial charge in [0.15, 0.2) is 0 Å². The Morgan fingerprint density at radius 1 is 1.29 bits per heavy atom. The molecule has 1 atom stereocenters. The first-order valence-corrected chi connectivity index (χ1v) is 7.99. The van der Waals surface area contributed by atoms with E-state index in [1.165, 1.54) is 0 Å². The third-order valence-corrected chi connectivity index (χ3v) is 3.86. The molecule has 0 aliphatic rings. The van der Waals surface area contributed by atoms with Gasteiger partial charge in [-0.15, -0.1) is 11.8 Å². The summed E-state index contributed by atoms with van der Waals surface area (Å²) in [5.41, 5.74) is 6.48. The molecule has 0 unspecified atom stereocenters. The molecule has 0 saturated carbocycles. The highest BCUT2D eigenvalue weighted by Crippen LogP contribution is 2.26. The number of para-hydroxylation sites is 1. The van der Waals surface area contributed by atoms with Crippen LogP contribution in [0, 0.1) is 5.92 Å². The molecule has 0 radical (unpaired) electrons. The lowest BCUT2D eigenvalue weighted by molar-refractivity contribution is -0.125. The predicted octanol–water partition coefficient (Wildman–Crippen LogP) is 1.84. The molecule has 0 aromatic heterocycles. The molecule has 21 heavy (non-hydrogen) atoms. The third kappa shape index (κ3) is 5.77. The maximum atomic E-state index is 11.9. The van der Waals surface area contributed by atoms with Gasteiger partial charge in [-0.1, -0.05) is 32.9 Å². The average Bonchev–Trinajstić information content (AvgIpc) is 2.46. The fourth-order valence-electron chi connectivity index (χ4n) is 1.63. The molecule has 0 saturated heterocycles. The maximum Gasteiger partial charge on any atom is 0.243 e. The summed E-state index contributed by atoms with van der Waals surface area (Å²) in [5, 5.41) is 5.36. The second kappa shape index (κ2) is 8.69. The van der Waals surface area contributed by atoms with Crippen molar-refractivity contribution in [2.75, 3.05) is 17.6 Å². The van der Waals surface area contributed by atoms with E-state index >= 15 is 0 Å². The van der Waals surface area contributed by atoms with Crippen LogP contribution >= 0.6 is 11.8 Å². The van der Waals surface area contributed by atoms with Crippen LogP contribution in [-0.2, 0) is 9.59 Å². The zero-order valence-electron chi connectivity index (χ0n) is 12.7. The first kappa shape index (κ1) is 17.5. The number of amides is 2. The number of hydrogen-bond donors (Lipinski definition) is 3. The molecule has 6 heteroatoms. The largest absolute Gasteiger partial charge is 0.346 e. The number of thioether (sulfide) groups is 1. The van der Waals surface area contributed by atoms with E-state index in [0.29, 0.717) is 0 Å². The van der Waals surface area contributed by atoms with Crippen molar-refractivity contribution in [3.8, 4) is 0 Å². The van der Waals surface area contributed by atoms with Crippen LogP contribution in [0.3, 0.4) is 0 Å². The zero-order chi connectivity index (χ0) is 15.8. The molecular formula is C15H23N3O2S. The molecule has 4 N–H and O–H groups in total. The standard InChI is InChI=1S/C15H23N3O2S/c1-4-21-12-8-6-5-7-11(12)18-13(19)9-17-15(20)14(16)10(2)3/h5-8,10,14H,4,9,16H2,1-3H3,(H,17,20)(H,18,19)/t14-/m0/s1. The second-order valence-corrected chi connectivity index (χ2v) is 6.27. The van der Waals surface area contributed by atoms with Gasteiger partial charge >= 0.3 is 0 Å². The highest BCUT2D eigenvalue weighted by Gasteiger charge is 2.17. The second-order valence-electron chi connectivity index (χ2n) is 4.96. The minimum absolute atomic E-state index is 0.0368. The van der Waals surface area contributed by atoms with E-state index in [-0.39, 0.29) is 24.3 Å². The van der Waals surface area contributed by atoms with Crippen molar-refractivity contribution in [2.45, 2.75) is 31.7 Å². The van der Waals surface area contributed by atoms with Crippen LogP contribution in [0.25, 0.3) is 0 Å². The molecule has 1 aromatic rings. The lowest BCUT2D eigenvalue weighted by Crippen LogP contribution is -2.46. The Balaban J connectivity index is 2.53. The highest BCUT2D eigenvalue weighted by molar-refractivity contribution is 7.99. The van der Waals surface area contributed by atoms with Gasteiger partial charge in [0.25, 0.3) is 0 Å². The molecule has 0 fully saturated rings. The van der Waals surface area contributed by atoms with Gasteiger partial charge in [-0.25, -0.2) is 0 Å². The Kier molecular flexibility index (Phi) is 7.25. The topological polar surface area (TPSA) is 84.2 Å². The number of nitrogens with one attached hydrogen (secondary N) is 2. The summed E-state index contributed by atoms with van der Waals surface area (Å²) in [6.07, 6.45) is 0. The summed E-state index contributed by atoms with van der Waals surface area (Å²) in [6.45, 7) is 5.70. The summed E-state index contributed by atoms with van der Waals surface area (Å²) in [4.78, 5) is 24.6. The SMILES string of the molecule is CCSc1ccccc1NC(=O)CNC(=O)[C@@H](N)C(C)C. The van der Waals surface area contributed by atoms with Crippen molar-refractivity contribution < 1.29 is 9.59 Å². The number of nitrogens with two attached hydrogens (primary N) is 1. The van der Waals surface area contributed by atoms with Crippen LogP contribution in [0.4, 0.5) is 5.69 Å². The zero-order valence-corrected chi connectivity index (χ0v) is 13.5. The number of hydrogen-bond acceptors (Lipinski definition) is 4. The molecular weight excluding hydrogens is 286 g/mol. The summed E-state index contributed by atoms with van der Waals surface area (Å²) in [6, 6.07) is 7.00. The molecule has 1 aromatic carbocycles. The summed E-state index contributed by atoms with van der Waals surface area (Å²) in [7, 11) is 0. The number of benzene rings is 1. The van der Waals surface area contributed by atoms with Gasteiger partial charge in [0.2, 0.25) is 11.8 Å². The Morgan fingerprint density at radius 3 is 2.57 bits per heavy atom. The van der Waals surface area contributed by atoms with E-state index in [9.17, 15) is 9.59 Å². The number of carbonyl (C=O) groups is 2. The van der Waals surface area contributed by atoms with Crippen molar-refractivity contribution in [3.05, 3.63) is 24.3 Å². The smallest absolute Gasteiger partial charge is 0.243 e. The molecule has 1 rings (SSSR count). The van der Waals surface area contributed by atoms with Crippen molar-refractivity contribution in [1.29, 1.82) is 0 Å². The van der Waals surface area contributed by atoms with Crippen LogP contribution in [0.5, 0.6) is 0 Å². The number of carbonyl (C=O) groups excluding carboxylic acids is 2. The Hall–Kier alpha value is -1.53. The van der Waals surface area contributed by atoms with Crippen molar-refractivity contribution in [1.82, 2.24) is 5.32 Å². The normalized spacial score (nSPS) is 12.0. The quantitative estimate of drug-likeness (QED) is 0.671. The molecule has 116 valence electrons. The van der Waals surface area contributed by atoms with Crippen molar-refractivity contribution in [3.63, 3.8) is 0 Å². The van der Waals surface area contributed by atoms with E-state index in [1.54, 1.807) is 11.8 Å². The maximum absolute atomic E-state index is 11.9. The lowest BCUT2D eigenvalue weighted by atomic mass is 10.1. The predicted molar refractivity (Wildman–Crippen MR) is 87.3 cm³/mol. The van der Waals surface area contributed by atoms with Gasteiger partial charge in [-0.05, 0) is 23.8 Å². The molecule has 0 aliphatic carbocycles. The van der Waals surface area contributed by atoms with Gasteiger partial charge in [-0.2, -0.15) is 0 Å². The van der Waals surface area contributed by atoms with Crippen LogP contribution in [-0.4, -0.2) is 30.2 Å². The fourth-order valence-corrected chi connectivity index (χ4v) is 2.39. The Morgan fingerprint density at radius 2 is 1.95 bits per heavy atom. The van der Waals surface area contributed by atoms with E-state index in [2.05, 4.69) is 17.6 Å². The van der Waals surface area contributed by atoms with Gasteiger partial charge in [0.05, 0.1) is 18.3 Å². The fraction of sp³-hybridized carbons (Fsp3) is 0.467. The van der Waals surface area contributed by atoms with Crippen molar-refractivity contribution in [2.24, 2.45) is 11.7 Å².